The summed E-state index contributed by atoms with van der Waals surface area (Å²) in [5.74, 6) is -2.32. The number of hydrogen-bond donors (Lipinski definition) is 2. The van der Waals surface area contributed by atoms with Gasteiger partial charge in [0.05, 0.1) is 22.6 Å². The average molecular weight is 404 g/mol. The summed E-state index contributed by atoms with van der Waals surface area (Å²) >= 11 is 0.947. The number of hydrogen-bond acceptors (Lipinski definition) is 7. The van der Waals surface area contributed by atoms with Gasteiger partial charge in [0.25, 0.3) is 11.8 Å². The number of ether oxygens (including phenoxy) is 2. The van der Waals surface area contributed by atoms with Crippen LogP contribution in [0.4, 0.5) is 5.00 Å². The lowest BCUT2D eigenvalue weighted by atomic mass is 10.1. The quantitative estimate of drug-likeness (QED) is 0.686. The van der Waals surface area contributed by atoms with Crippen molar-refractivity contribution in [2.24, 2.45) is 0 Å². The summed E-state index contributed by atoms with van der Waals surface area (Å²) in [6.07, 6.45) is 0. The van der Waals surface area contributed by atoms with E-state index in [1.807, 2.05) is 0 Å². The third kappa shape index (κ3) is 4.95. The molecular weight excluding hydrogens is 384 g/mol. The molecule has 0 aliphatic rings. The van der Waals surface area contributed by atoms with Crippen molar-refractivity contribution in [2.45, 2.75) is 13.8 Å². The van der Waals surface area contributed by atoms with Gasteiger partial charge in [0.1, 0.15) is 5.00 Å². The molecule has 2 amide bonds. The zero-order chi connectivity index (χ0) is 20.7. The molecule has 2 aromatic rings. The molecule has 148 valence electrons. The first-order chi connectivity index (χ1) is 13.4. The SMILES string of the molecule is CCOC(=O)c1c(NC(=O)COC(=O)c2ccccc2)sc(C(=O)NC)c1C. The van der Waals surface area contributed by atoms with Crippen LogP contribution in [0, 0.1) is 6.92 Å². The van der Waals surface area contributed by atoms with Crippen LogP contribution in [-0.2, 0) is 14.3 Å². The molecule has 0 saturated carbocycles. The van der Waals surface area contributed by atoms with Crippen LogP contribution in [0.1, 0.15) is 42.9 Å². The molecule has 9 heteroatoms. The highest BCUT2D eigenvalue weighted by Crippen LogP contribution is 2.33. The maximum Gasteiger partial charge on any atom is 0.341 e. The Kier molecular flexibility index (Phi) is 7.28. The first-order valence-corrected chi connectivity index (χ1v) is 9.25. The van der Waals surface area contributed by atoms with Crippen LogP contribution < -0.4 is 10.6 Å². The van der Waals surface area contributed by atoms with Crippen LogP contribution in [0.25, 0.3) is 0 Å². The fraction of sp³-hybridized carbons (Fsp3) is 0.263. The fourth-order valence-electron chi connectivity index (χ4n) is 2.33. The maximum absolute atomic E-state index is 12.3. The second-order valence-corrected chi connectivity index (χ2v) is 6.57. The molecule has 0 bridgehead atoms. The van der Waals surface area contributed by atoms with Crippen molar-refractivity contribution in [3.05, 3.63) is 51.9 Å². The number of thiophene rings is 1. The first-order valence-electron chi connectivity index (χ1n) is 8.43. The van der Waals surface area contributed by atoms with Crippen molar-refractivity contribution in [1.82, 2.24) is 5.32 Å². The number of rotatable bonds is 7. The Balaban J connectivity index is 2.15. The molecule has 0 atom stereocenters. The van der Waals surface area contributed by atoms with E-state index in [1.165, 1.54) is 7.05 Å². The van der Waals surface area contributed by atoms with Gasteiger partial charge in [0.2, 0.25) is 0 Å². The van der Waals surface area contributed by atoms with Gasteiger partial charge in [0, 0.05) is 7.05 Å². The Labute approximate surface area is 165 Å². The number of carbonyl (C=O) groups is 4. The van der Waals surface area contributed by atoms with E-state index in [9.17, 15) is 19.2 Å². The summed E-state index contributed by atoms with van der Waals surface area (Å²) in [5.41, 5.74) is 0.823. The van der Waals surface area contributed by atoms with Gasteiger partial charge in [-0.1, -0.05) is 18.2 Å². The molecule has 0 spiro atoms. The molecule has 0 fully saturated rings. The Hall–Kier alpha value is -3.20. The minimum Gasteiger partial charge on any atom is -0.462 e. The van der Waals surface area contributed by atoms with E-state index in [4.69, 9.17) is 9.47 Å². The third-order valence-corrected chi connectivity index (χ3v) is 4.86. The lowest BCUT2D eigenvalue weighted by Gasteiger charge is -2.08. The molecule has 0 unspecified atom stereocenters. The molecule has 0 radical (unpaired) electrons. The summed E-state index contributed by atoms with van der Waals surface area (Å²) in [6, 6.07) is 8.24. The minimum absolute atomic E-state index is 0.105. The van der Waals surface area contributed by atoms with Crippen LogP contribution in [-0.4, -0.2) is 44.0 Å². The van der Waals surface area contributed by atoms with Crippen LogP contribution in [0.15, 0.2) is 30.3 Å². The van der Waals surface area contributed by atoms with Crippen LogP contribution >= 0.6 is 11.3 Å². The molecule has 1 aromatic carbocycles. The Morgan fingerprint density at radius 2 is 1.71 bits per heavy atom. The monoisotopic (exact) mass is 404 g/mol. The minimum atomic E-state index is -0.650. The summed E-state index contributed by atoms with van der Waals surface area (Å²) < 4.78 is 9.99. The molecule has 0 saturated heterocycles. The predicted molar refractivity (Wildman–Crippen MR) is 104 cm³/mol. The number of esters is 2. The highest BCUT2D eigenvalue weighted by atomic mass is 32.1. The van der Waals surface area contributed by atoms with Crippen LogP contribution in [0.5, 0.6) is 0 Å². The molecule has 8 nitrogen and oxygen atoms in total. The zero-order valence-corrected chi connectivity index (χ0v) is 16.5. The highest BCUT2D eigenvalue weighted by molar-refractivity contribution is 7.18. The fourth-order valence-corrected chi connectivity index (χ4v) is 3.49. The highest BCUT2D eigenvalue weighted by Gasteiger charge is 2.26. The molecule has 1 heterocycles. The normalized spacial score (nSPS) is 10.1. The zero-order valence-electron chi connectivity index (χ0n) is 15.7. The van der Waals surface area contributed by atoms with E-state index < -0.39 is 24.5 Å². The van der Waals surface area contributed by atoms with E-state index in [-0.39, 0.29) is 28.0 Å². The van der Waals surface area contributed by atoms with E-state index in [0.29, 0.717) is 11.1 Å². The van der Waals surface area contributed by atoms with Gasteiger partial charge in [-0.25, -0.2) is 9.59 Å². The molecule has 0 aliphatic heterocycles. The van der Waals surface area contributed by atoms with E-state index >= 15 is 0 Å². The van der Waals surface area contributed by atoms with Gasteiger partial charge in [-0.15, -0.1) is 11.3 Å². The Bertz CT molecular complexity index is 891. The molecule has 28 heavy (non-hydrogen) atoms. The second-order valence-electron chi connectivity index (χ2n) is 5.55. The van der Waals surface area contributed by atoms with E-state index in [0.717, 1.165) is 11.3 Å². The average Bonchev–Trinajstić information content (AvgIpc) is 3.02. The van der Waals surface area contributed by atoms with Crippen molar-refractivity contribution in [1.29, 1.82) is 0 Å². The Morgan fingerprint density at radius 1 is 1.04 bits per heavy atom. The van der Waals surface area contributed by atoms with Crippen molar-refractivity contribution in [3.8, 4) is 0 Å². The summed E-state index contributed by atoms with van der Waals surface area (Å²) in [4.78, 5) is 48.7. The lowest BCUT2D eigenvalue weighted by molar-refractivity contribution is -0.119. The molecular formula is C19H20N2O6S. The smallest absolute Gasteiger partial charge is 0.341 e. The van der Waals surface area contributed by atoms with Gasteiger partial charge in [-0.05, 0) is 31.5 Å². The van der Waals surface area contributed by atoms with E-state index in [2.05, 4.69) is 10.6 Å². The predicted octanol–water partition coefficient (Wildman–Crippen LogP) is 2.39. The standard InChI is InChI=1S/C19H20N2O6S/c1-4-26-19(25)14-11(2)15(16(23)20-3)28-17(14)21-13(22)10-27-18(24)12-8-6-5-7-9-12/h5-9H,4,10H2,1-3H3,(H,20,23)(H,21,22). The molecule has 0 aliphatic carbocycles. The van der Waals surface area contributed by atoms with Crippen molar-refractivity contribution in [2.75, 3.05) is 25.6 Å². The topological polar surface area (TPSA) is 111 Å². The summed E-state index contributed by atoms with van der Waals surface area (Å²) in [5, 5.41) is 5.16. The second kappa shape index (κ2) is 9.65. The summed E-state index contributed by atoms with van der Waals surface area (Å²) in [7, 11) is 1.47. The van der Waals surface area contributed by atoms with Gasteiger partial charge in [0.15, 0.2) is 6.61 Å². The largest absolute Gasteiger partial charge is 0.462 e. The maximum atomic E-state index is 12.3. The molecule has 2 rings (SSSR count). The number of amides is 2. The van der Waals surface area contributed by atoms with Gasteiger partial charge < -0.3 is 20.1 Å². The first kappa shape index (κ1) is 21.1. The lowest BCUT2D eigenvalue weighted by Crippen LogP contribution is -2.21. The molecule has 1 aromatic heterocycles. The number of anilines is 1. The van der Waals surface area contributed by atoms with Gasteiger partial charge in [-0.2, -0.15) is 0 Å². The summed E-state index contributed by atoms with van der Waals surface area (Å²) in [6.45, 7) is 2.85. The van der Waals surface area contributed by atoms with Crippen molar-refractivity contribution >= 4 is 40.1 Å². The van der Waals surface area contributed by atoms with E-state index in [1.54, 1.807) is 44.2 Å². The van der Waals surface area contributed by atoms with Gasteiger partial charge in [-0.3, -0.25) is 9.59 Å². The Morgan fingerprint density at radius 3 is 2.32 bits per heavy atom. The number of carbonyl (C=O) groups excluding carboxylic acids is 4. The number of nitrogens with one attached hydrogen (secondary N) is 2. The van der Waals surface area contributed by atoms with Gasteiger partial charge >= 0.3 is 11.9 Å². The number of benzene rings is 1. The third-order valence-electron chi connectivity index (χ3n) is 3.66. The molecule has 2 N–H and O–H groups in total. The van der Waals surface area contributed by atoms with Crippen LogP contribution in [0.2, 0.25) is 0 Å². The van der Waals surface area contributed by atoms with Crippen LogP contribution in [0.3, 0.4) is 0 Å². The van der Waals surface area contributed by atoms with Crippen molar-refractivity contribution in [3.63, 3.8) is 0 Å². The van der Waals surface area contributed by atoms with Crippen molar-refractivity contribution < 1.29 is 28.7 Å².